The fraction of sp³-hybridized carbons (Fsp3) is 0.222. The molecule has 0 fully saturated rings. The third kappa shape index (κ3) is 2.96. The smallest absolute Gasteiger partial charge is 0.161 e. The fourth-order valence-electron chi connectivity index (χ4n) is 2.71. The summed E-state index contributed by atoms with van der Waals surface area (Å²) in [6.45, 7) is 0.229. The zero-order chi connectivity index (χ0) is 17.0. The molecular formula is C18H19N3O3. The number of ether oxygens (including phenoxy) is 2. The minimum atomic E-state index is -1.28. The quantitative estimate of drug-likeness (QED) is 0.752. The summed E-state index contributed by atoms with van der Waals surface area (Å²) in [6, 6.07) is 14.8. The summed E-state index contributed by atoms with van der Waals surface area (Å²) < 4.78 is 12.3. The van der Waals surface area contributed by atoms with Gasteiger partial charge in [-0.25, -0.2) is 9.67 Å². The highest BCUT2D eigenvalue weighted by Crippen LogP contribution is 2.36. The minimum absolute atomic E-state index is 0.229. The lowest BCUT2D eigenvalue weighted by Crippen LogP contribution is -2.33. The van der Waals surface area contributed by atoms with Gasteiger partial charge in [-0.3, -0.25) is 0 Å². The average molecular weight is 325 g/mol. The van der Waals surface area contributed by atoms with Gasteiger partial charge in [-0.2, -0.15) is 5.10 Å². The molecule has 24 heavy (non-hydrogen) atoms. The number of aliphatic hydroxyl groups is 1. The molecule has 1 atom stereocenters. The third-order valence-corrected chi connectivity index (χ3v) is 3.97. The maximum Gasteiger partial charge on any atom is 0.161 e. The van der Waals surface area contributed by atoms with E-state index in [1.165, 1.54) is 6.33 Å². The number of hydrogen-bond donors (Lipinski definition) is 1. The normalized spacial score (nSPS) is 13.3. The molecule has 0 spiro atoms. The van der Waals surface area contributed by atoms with E-state index < -0.39 is 5.60 Å². The third-order valence-electron chi connectivity index (χ3n) is 3.97. The molecule has 0 aliphatic heterocycles. The van der Waals surface area contributed by atoms with Gasteiger partial charge in [-0.15, -0.1) is 0 Å². The monoisotopic (exact) mass is 325 g/mol. The highest BCUT2D eigenvalue weighted by molar-refractivity contribution is 5.47. The molecule has 0 saturated heterocycles. The number of benzene rings is 2. The van der Waals surface area contributed by atoms with E-state index in [-0.39, 0.29) is 6.54 Å². The molecule has 1 aromatic heterocycles. The molecule has 3 rings (SSSR count). The molecule has 1 unspecified atom stereocenters. The van der Waals surface area contributed by atoms with Gasteiger partial charge in [0.25, 0.3) is 0 Å². The molecule has 124 valence electrons. The first kappa shape index (κ1) is 16.0. The van der Waals surface area contributed by atoms with Crippen LogP contribution in [0.4, 0.5) is 0 Å². The Kier molecular flexibility index (Phi) is 4.48. The second kappa shape index (κ2) is 6.72. The molecule has 0 aliphatic rings. The van der Waals surface area contributed by atoms with Crippen molar-refractivity contribution in [2.24, 2.45) is 0 Å². The van der Waals surface area contributed by atoms with Crippen LogP contribution in [0.3, 0.4) is 0 Å². The van der Waals surface area contributed by atoms with Crippen molar-refractivity contribution >= 4 is 0 Å². The van der Waals surface area contributed by atoms with Gasteiger partial charge in [0, 0.05) is 0 Å². The Hall–Kier alpha value is -2.86. The second-order valence-corrected chi connectivity index (χ2v) is 5.39. The Balaban J connectivity index is 2.11. The van der Waals surface area contributed by atoms with Gasteiger partial charge >= 0.3 is 0 Å². The molecule has 0 bridgehead atoms. The van der Waals surface area contributed by atoms with E-state index in [4.69, 9.17) is 9.47 Å². The van der Waals surface area contributed by atoms with E-state index in [1.54, 1.807) is 37.4 Å². The standard InChI is InChI=1S/C18H19N3O3/c1-23-16-9-8-15(10-17(16)24-2)18(22,11-21-13-19-12-20-21)14-6-4-3-5-7-14/h3-10,12-13,22H,11H2,1-2H3. The van der Waals surface area contributed by atoms with E-state index >= 15 is 0 Å². The van der Waals surface area contributed by atoms with E-state index in [2.05, 4.69) is 10.1 Å². The van der Waals surface area contributed by atoms with Gasteiger partial charge in [0.1, 0.15) is 18.3 Å². The van der Waals surface area contributed by atoms with Crippen LogP contribution in [0.2, 0.25) is 0 Å². The summed E-state index contributed by atoms with van der Waals surface area (Å²) in [5.74, 6) is 1.17. The Morgan fingerprint density at radius 1 is 1.00 bits per heavy atom. The van der Waals surface area contributed by atoms with Gasteiger partial charge in [0.15, 0.2) is 11.5 Å². The molecule has 3 aromatic rings. The zero-order valence-corrected chi connectivity index (χ0v) is 13.6. The van der Waals surface area contributed by atoms with Gasteiger partial charge in [-0.05, 0) is 23.3 Å². The van der Waals surface area contributed by atoms with Crippen molar-refractivity contribution in [2.45, 2.75) is 12.1 Å². The summed E-state index contributed by atoms with van der Waals surface area (Å²) in [7, 11) is 3.15. The zero-order valence-electron chi connectivity index (χ0n) is 13.6. The summed E-state index contributed by atoms with van der Waals surface area (Å²) >= 11 is 0. The van der Waals surface area contributed by atoms with E-state index in [1.807, 2.05) is 36.4 Å². The lowest BCUT2D eigenvalue weighted by molar-refractivity contribution is 0.0569. The highest BCUT2D eigenvalue weighted by atomic mass is 16.5. The molecule has 6 heteroatoms. The van der Waals surface area contributed by atoms with Crippen molar-refractivity contribution in [3.8, 4) is 11.5 Å². The first-order chi connectivity index (χ1) is 11.7. The summed E-state index contributed by atoms with van der Waals surface area (Å²) in [5, 5.41) is 15.6. The van der Waals surface area contributed by atoms with Crippen LogP contribution in [0, 0.1) is 0 Å². The lowest BCUT2D eigenvalue weighted by Gasteiger charge is -2.29. The summed E-state index contributed by atoms with van der Waals surface area (Å²) in [4.78, 5) is 3.95. The molecule has 0 radical (unpaired) electrons. The molecule has 0 saturated carbocycles. The van der Waals surface area contributed by atoms with Crippen LogP contribution in [0.1, 0.15) is 11.1 Å². The number of aromatic nitrogens is 3. The lowest BCUT2D eigenvalue weighted by atomic mass is 9.86. The maximum atomic E-state index is 11.5. The predicted molar refractivity (Wildman–Crippen MR) is 89.0 cm³/mol. The van der Waals surface area contributed by atoms with E-state index in [0.717, 1.165) is 5.56 Å². The number of rotatable bonds is 6. The fourth-order valence-corrected chi connectivity index (χ4v) is 2.71. The van der Waals surface area contributed by atoms with E-state index in [9.17, 15) is 5.11 Å². The van der Waals surface area contributed by atoms with E-state index in [0.29, 0.717) is 17.1 Å². The molecule has 0 amide bonds. The SMILES string of the molecule is COc1ccc(C(O)(Cn2cncn2)c2ccccc2)cc1OC. The molecule has 6 nitrogen and oxygen atoms in total. The van der Waals surface area contributed by atoms with Gasteiger partial charge < -0.3 is 14.6 Å². The van der Waals surface area contributed by atoms with Crippen molar-refractivity contribution < 1.29 is 14.6 Å². The highest BCUT2D eigenvalue weighted by Gasteiger charge is 2.33. The van der Waals surface area contributed by atoms with Crippen molar-refractivity contribution in [2.75, 3.05) is 14.2 Å². The number of nitrogens with zero attached hydrogens (tertiary/aromatic N) is 3. The van der Waals surface area contributed by atoms with Crippen LogP contribution in [0.5, 0.6) is 11.5 Å². The van der Waals surface area contributed by atoms with Crippen LogP contribution in [-0.4, -0.2) is 34.1 Å². The number of methoxy groups -OCH3 is 2. The van der Waals surface area contributed by atoms with Crippen LogP contribution >= 0.6 is 0 Å². The van der Waals surface area contributed by atoms with Crippen molar-refractivity contribution in [3.05, 3.63) is 72.3 Å². The minimum Gasteiger partial charge on any atom is -0.493 e. The Labute approximate surface area is 140 Å². The van der Waals surface area contributed by atoms with Crippen molar-refractivity contribution in [1.82, 2.24) is 14.8 Å². The summed E-state index contributed by atoms with van der Waals surface area (Å²) in [5.41, 5.74) is 0.156. The predicted octanol–water partition coefficient (Wildman–Crippen LogP) is 2.23. The first-order valence-corrected chi connectivity index (χ1v) is 7.50. The Bertz CT molecular complexity index is 791. The van der Waals surface area contributed by atoms with Gasteiger partial charge in [0.05, 0.1) is 20.8 Å². The van der Waals surface area contributed by atoms with Gasteiger partial charge in [0.2, 0.25) is 0 Å². The van der Waals surface area contributed by atoms with Crippen LogP contribution < -0.4 is 9.47 Å². The Morgan fingerprint density at radius 2 is 1.75 bits per heavy atom. The average Bonchev–Trinajstić information content (AvgIpc) is 3.14. The van der Waals surface area contributed by atoms with Crippen LogP contribution in [0.25, 0.3) is 0 Å². The van der Waals surface area contributed by atoms with Crippen LogP contribution in [-0.2, 0) is 12.1 Å². The number of hydrogen-bond acceptors (Lipinski definition) is 5. The van der Waals surface area contributed by atoms with Gasteiger partial charge in [-0.1, -0.05) is 36.4 Å². The largest absolute Gasteiger partial charge is 0.493 e. The molecule has 0 aliphatic carbocycles. The van der Waals surface area contributed by atoms with Crippen LogP contribution in [0.15, 0.2) is 61.2 Å². The second-order valence-electron chi connectivity index (χ2n) is 5.39. The molecule has 1 N–H and O–H groups in total. The molecule has 2 aromatic carbocycles. The Morgan fingerprint density at radius 3 is 2.38 bits per heavy atom. The summed E-state index contributed by atoms with van der Waals surface area (Å²) in [6.07, 6.45) is 3.02. The first-order valence-electron chi connectivity index (χ1n) is 7.50. The van der Waals surface area contributed by atoms with Crippen molar-refractivity contribution in [3.63, 3.8) is 0 Å². The molecule has 1 heterocycles. The maximum absolute atomic E-state index is 11.5. The topological polar surface area (TPSA) is 69.4 Å². The molecular weight excluding hydrogens is 306 g/mol. The van der Waals surface area contributed by atoms with Crippen molar-refractivity contribution in [1.29, 1.82) is 0 Å².